The highest BCUT2D eigenvalue weighted by atomic mass is 35.5. The summed E-state index contributed by atoms with van der Waals surface area (Å²) in [4.78, 5) is 0. The van der Waals surface area contributed by atoms with Crippen LogP contribution in [-0.4, -0.2) is 6.61 Å². The van der Waals surface area contributed by atoms with Gasteiger partial charge in [0.25, 0.3) is 0 Å². The van der Waals surface area contributed by atoms with Crippen molar-refractivity contribution in [3.63, 3.8) is 0 Å². The topological polar surface area (TPSA) is 44.5 Å². The summed E-state index contributed by atoms with van der Waals surface area (Å²) in [6.07, 6.45) is 0. The predicted molar refractivity (Wildman–Crippen MR) is 73.5 cm³/mol. The van der Waals surface area contributed by atoms with Gasteiger partial charge < -0.3 is 15.2 Å². The van der Waals surface area contributed by atoms with Crippen molar-refractivity contribution in [2.24, 2.45) is 0 Å². The molecule has 0 aliphatic carbocycles. The van der Waals surface area contributed by atoms with Crippen molar-refractivity contribution in [1.82, 2.24) is 0 Å². The molecule has 0 bridgehead atoms. The van der Waals surface area contributed by atoms with Gasteiger partial charge in [0.2, 0.25) is 0 Å². The molecule has 19 heavy (non-hydrogen) atoms. The second-order valence-electron chi connectivity index (χ2n) is 3.81. The van der Waals surface area contributed by atoms with E-state index < -0.39 is 5.82 Å². The summed E-state index contributed by atoms with van der Waals surface area (Å²) < 4.78 is 24.2. The van der Waals surface area contributed by atoms with Gasteiger partial charge in [0.05, 0.1) is 17.3 Å². The lowest BCUT2D eigenvalue weighted by atomic mass is 10.2. The molecule has 0 spiro atoms. The third-order valence-corrected chi connectivity index (χ3v) is 2.72. The van der Waals surface area contributed by atoms with E-state index in [9.17, 15) is 4.39 Å². The van der Waals surface area contributed by atoms with Crippen LogP contribution in [0.3, 0.4) is 0 Å². The molecule has 0 amide bonds. The number of ether oxygens (including phenoxy) is 2. The molecule has 0 aliphatic rings. The van der Waals surface area contributed by atoms with E-state index in [0.29, 0.717) is 29.5 Å². The zero-order valence-electron chi connectivity index (χ0n) is 10.3. The largest absolute Gasteiger partial charge is 0.492 e. The molecule has 2 rings (SSSR count). The Labute approximate surface area is 115 Å². The highest BCUT2D eigenvalue weighted by Crippen LogP contribution is 2.31. The fraction of sp³-hybridized carbons (Fsp3) is 0.143. The molecule has 0 aliphatic heterocycles. The van der Waals surface area contributed by atoms with Crippen molar-refractivity contribution in [3.8, 4) is 17.2 Å². The Morgan fingerprint density at radius 2 is 1.84 bits per heavy atom. The first-order valence-electron chi connectivity index (χ1n) is 5.75. The Balaban J connectivity index is 2.22. The van der Waals surface area contributed by atoms with E-state index >= 15 is 0 Å². The second-order valence-corrected chi connectivity index (χ2v) is 4.22. The van der Waals surface area contributed by atoms with E-state index in [1.54, 1.807) is 24.3 Å². The Kier molecular flexibility index (Phi) is 4.12. The fourth-order valence-corrected chi connectivity index (χ4v) is 1.65. The minimum atomic E-state index is -0.528. The van der Waals surface area contributed by atoms with Gasteiger partial charge in [-0.1, -0.05) is 11.6 Å². The van der Waals surface area contributed by atoms with Gasteiger partial charge in [-0.2, -0.15) is 0 Å². The van der Waals surface area contributed by atoms with E-state index in [0.717, 1.165) is 0 Å². The van der Waals surface area contributed by atoms with E-state index in [2.05, 4.69) is 0 Å². The standard InChI is InChI=1S/C14H13ClFNO2/c1-2-18-14-8-10(4-6-13(14)17)19-9-3-5-11(15)12(16)7-9/h3-8H,2,17H2,1H3. The molecule has 0 heterocycles. The monoisotopic (exact) mass is 281 g/mol. The maximum absolute atomic E-state index is 13.3. The first kappa shape index (κ1) is 13.5. The van der Waals surface area contributed by atoms with E-state index in [4.69, 9.17) is 26.8 Å². The van der Waals surface area contributed by atoms with Crippen LogP contribution in [0, 0.1) is 5.82 Å². The molecule has 0 radical (unpaired) electrons. The summed E-state index contributed by atoms with van der Waals surface area (Å²) in [6, 6.07) is 9.26. The lowest BCUT2D eigenvalue weighted by Gasteiger charge is -2.10. The lowest BCUT2D eigenvalue weighted by Crippen LogP contribution is -1.97. The van der Waals surface area contributed by atoms with Crippen molar-refractivity contribution in [1.29, 1.82) is 0 Å². The van der Waals surface area contributed by atoms with Crippen LogP contribution < -0.4 is 15.2 Å². The first-order valence-corrected chi connectivity index (χ1v) is 6.13. The third-order valence-electron chi connectivity index (χ3n) is 2.41. The van der Waals surface area contributed by atoms with Gasteiger partial charge in [0, 0.05) is 12.1 Å². The van der Waals surface area contributed by atoms with E-state index in [1.165, 1.54) is 12.1 Å². The molecule has 0 unspecified atom stereocenters. The number of hydrogen-bond donors (Lipinski definition) is 1. The molecule has 0 saturated heterocycles. The lowest BCUT2D eigenvalue weighted by molar-refractivity contribution is 0.340. The SMILES string of the molecule is CCOc1cc(Oc2ccc(Cl)c(F)c2)ccc1N. The third kappa shape index (κ3) is 3.29. The molecule has 2 N–H and O–H groups in total. The quantitative estimate of drug-likeness (QED) is 0.852. The van der Waals surface area contributed by atoms with Gasteiger partial charge in [-0.05, 0) is 31.2 Å². The molecular formula is C14H13ClFNO2. The Bertz CT molecular complexity index is 590. The van der Waals surface area contributed by atoms with Crippen molar-refractivity contribution >= 4 is 17.3 Å². The molecule has 0 aromatic heterocycles. The highest BCUT2D eigenvalue weighted by Gasteiger charge is 2.06. The Morgan fingerprint density at radius 3 is 2.53 bits per heavy atom. The van der Waals surface area contributed by atoms with Crippen molar-refractivity contribution in [3.05, 3.63) is 47.2 Å². The van der Waals surface area contributed by atoms with Crippen LogP contribution >= 0.6 is 11.6 Å². The molecule has 100 valence electrons. The summed E-state index contributed by atoms with van der Waals surface area (Å²) in [7, 11) is 0. The first-order chi connectivity index (χ1) is 9.10. The second kappa shape index (κ2) is 5.80. The van der Waals surface area contributed by atoms with Crippen molar-refractivity contribution < 1.29 is 13.9 Å². The molecule has 5 heteroatoms. The summed E-state index contributed by atoms with van der Waals surface area (Å²) >= 11 is 5.60. The van der Waals surface area contributed by atoms with E-state index in [1.807, 2.05) is 6.92 Å². The van der Waals surface area contributed by atoms with Crippen LogP contribution in [-0.2, 0) is 0 Å². The highest BCUT2D eigenvalue weighted by molar-refractivity contribution is 6.30. The zero-order chi connectivity index (χ0) is 13.8. The number of rotatable bonds is 4. The molecule has 3 nitrogen and oxygen atoms in total. The van der Waals surface area contributed by atoms with Crippen LogP contribution in [0.15, 0.2) is 36.4 Å². The number of benzene rings is 2. The molecule has 0 saturated carbocycles. The van der Waals surface area contributed by atoms with Crippen LogP contribution in [0.2, 0.25) is 5.02 Å². The van der Waals surface area contributed by atoms with Gasteiger partial charge in [-0.15, -0.1) is 0 Å². The maximum Gasteiger partial charge on any atom is 0.145 e. The van der Waals surface area contributed by atoms with Crippen LogP contribution in [0.1, 0.15) is 6.92 Å². The minimum Gasteiger partial charge on any atom is -0.492 e. The number of anilines is 1. The fourth-order valence-electron chi connectivity index (χ4n) is 1.54. The molecule has 2 aromatic carbocycles. The smallest absolute Gasteiger partial charge is 0.145 e. The molecule has 2 aromatic rings. The van der Waals surface area contributed by atoms with Gasteiger partial charge >= 0.3 is 0 Å². The zero-order valence-corrected chi connectivity index (χ0v) is 11.1. The van der Waals surface area contributed by atoms with Gasteiger partial charge in [-0.3, -0.25) is 0 Å². The average molecular weight is 282 g/mol. The van der Waals surface area contributed by atoms with Gasteiger partial charge in [0.1, 0.15) is 23.1 Å². The van der Waals surface area contributed by atoms with Crippen LogP contribution in [0.25, 0.3) is 0 Å². The molecule has 0 atom stereocenters. The number of nitrogens with two attached hydrogens (primary N) is 1. The van der Waals surface area contributed by atoms with E-state index in [-0.39, 0.29) is 5.02 Å². The summed E-state index contributed by atoms with van der Waals surface area (Å²) in [5.74, 6) is 0.877. The van der Waals surface area contributed by atoms with Crippen molar-refractivity contribution in [2.45, 2.75) is 6.92 Å². The Morgan fingerprint density at radius 1 is 1.16 bits per heavy atom. The maximum atomic E-state index is 13.3. The summed E-state index contributed by atoms with van der Waals surface area (Å²) in [6.45, 7) is 2.37. The number of hydrogen-bond acceptors (Lipinski definition) is 3. The Hall–Kier alpha value is -1.94. The van der Waals surface area contributed by atoms with Gasteiger partial charge in [-0.25, -0.2) is 4.39 Å². The summed E-state index contributed by atoms with van der Waals surface area (Å²) in [5.41, 5.74) is 6.28. The average Bonchev–Trinajstić information content (AvgIpc) is 2.38. The predicted octanol–water partition coefficient (Wildman–Crippen LogP) is 4.25. The molecule has 0 fully saturated rings. The van der Waals surface area contributed by atoms with Crippen LogP contribution in [0.4, 0.5) is 10.1 Å². The van der Waals surface area contributed by atoms with Crippen LogP contribution in [0.5, 0.6) is 17.2 Å². The van der Waals surface area contributed by atoms with Gasteiger partial charge in [0.15, 0.2) is 0 Å². The minimum absolute atomic E-state index is 0.0552. The normalized spacial score (nSPS) is 10.3. The number of nitrogen functional groups attached to an aromatic ring is 1. The van der Waals surface area contributed by atoms with Crippen molar-refractivity contribution in [2.75, 3.05) is 12.3 Å². The number of halogens is 2. The molecular weight excluding hydrogens is 269 g/mol. The summed E-state index contributed by atoms with van der Waals surface area (Å²) in [5, 5.41) is 0.0552.